The number of amides is 1. The van der Waals surface area contributed by atoms with Gasteiger partial charge in [-0.1, -0.05) is 29.8 Å². The van der Waals surface area contributed by atoms with E-state index in [1.54, 1.807) is 6.07 Å². The number of rotatable bonds is 2. The van der Waals surface area contributed by atoms with Crippen LogP contribution in [0.2, 0.25) is 5.02 Å². The minimum Gasteiger partial charge on any atom is -0.492 e. The van der Waals surface area contributed by atoms with Gasteiger partial charge in [-0.15, -0.1) is 0 Å². The van der Waals surface area contributed by atoms with Crippen LogP contribution in [-0.4, -0.2) is 22.1 Å². The third-order valence-corrected chi connectivity index (χ3v) is 4.56. The van der Waals surface area contributed by atoms with Crippen LogP contribution in [0.4, 0.5) is 5.95 Å². The van der Waals surface area contributed by atoms with Crippen molar-refractivity contribution >= 4 is 34.5 Å². The average molecular weight is 342 g/mol. The molecule has 0 radical (unpaired) electrons. The molecule has 1 amide bonds. The van der Waals surface area contributed by atoms with E-state index in [-0.39, 0.29) is 11.8 Å². The van der Waals surface area contributed by atoms with E-state index >= 15 is 0 Å². The van der Waals surface area contributed by atoms with E-state index in [0.29, 0.717) is 24.0 Å². The molecule has 122 valence electrons. The zero-order chi connectivity index (χ0) is 16.7. The van der Waals surface area contributed by atoms with Crippen molar-refractivity contribution in [3.8, 4) is 5.75 Å². The molecule has 2 aromatic carbocycles. The van der Waals surface area contributed by atoms with Crippen molar-refractivity contribution in [3.63, 3.8) is 0 Å². The summed E-state index contributed by atoms with van der Waals surface area (Å²) in [7, 11) is 1.87. The summed E-state index contributed by atoms with van der Waals surface area (Å²) in [5.74, 6) is 1.05. The number of hydrogen-bond donors (Lipinski definition) is 1. The lowest BCUT2D eigenvalue weighted by Gasteiger charge is -2.24. The van der Waals surface area contributed by atoms with Crippen LogP contribution in [0.5, 0.6) is 5.75 Å². The highest BCUT2D eigenvalue weighted by molar-refractivity contribution is 6.31. The number of nitrogens with zero attached hydrogens (tertiary/aromatic N) is 2. The Balaban J connectivity index is 1.56. The molecule has 24 heavy (non-hydrogen) atoms. The third kappa shape index (κ3) is 2.61. The Morgan fingerprint density at radius 3 is 3.04 bits per heavy atom. The van der Waals surface area contributed by atoms with Gasteiger partial charge < -0.3 is 9.30 Å². The molecule has 1 aromatic heterocycles. The highest BCUT2D eigenvalue weighted by Gasteiger charge is 2.26. The molecule has 0 fully saturated rings. The van der Waals surface area contributed by atoms with Crippen LogP contribution < -0.4 is 10.1 Å². The van der Waals surface area contributed by atoms with Gasteiger partial charge in [-0.25, -0.2) is 4.98 Å². The predicted octanol–water partition coefficient (Wildman–Crippen LogP) is 3.42. The van der Waals surface area contributed by atoms with Crippen LogP contribution in [0.25, 0.3) is 11.0 Å². The lowest BCUT2D eigenvalue weighted by molar-refractivity contribution is -0.121. The van der Waals surface area contributed by atoms with E-state index in [1.165, 1.54) is 0 Å². The van der Waals surface area contributed by atoms with Crippen LogP contribution in [0, 0.1) is 5.92 Å². The molecule has 0 saturated heterocycles. The van der Waals surface area contributed by atoms with E-state index in [0.717, 1.165) is 22.3 Å². The van der Waals surface area contributed by atoms with Gasteiger partial charge in [-0.05, 0) is 36.2 Å². The first-order chi connectivity index (χ1) is 11.6. The van der Waals surface area contributed by atoms with E-state index < -0.39 is 0 Å². The number of carbonyl (C=O) groups is 1. The van der Waals surface area contributed by atoms with E-state index in [4.69, 9.17) is 16.3 Å². The van der Waals surface area contributed by atoms with Crippen LogP contribution in [0.15, 0.2) is 42.5 Å². The number of ether oxygens (including phenoxy) is 1. The van der Waals surface area contributed by atoms with Crippen molar-refractivity contribution in [2.75, 3.05) is 11.9 Å². The third-order valence-electron chi connectivity index (χ3n) is 4.33. The Morgan fingerprint density at radius 1 is 1.33 bits per heavy atom. The molecule has 4 rings (SSSR count). The largest absolute Gasteiger partial charge is 0.492 e. The topological polar surface area (TPSA) is 56.2 Å². The monoisotopic (exact) mass is 341 g/mol. The number of imidazole rings is 1. The summed E-state index contributed by atoms with van der Waals surface area (Å²) in [4.78, 5) is 17.1. The van der Waals surface area contributed by atoms with Crippen molar-refractivity contribution in [2.24, 2.45) is 13.0 Å². The number of nitrogens with one attached hydrogen (secondary N) is 1. The number of hydrogen-bond acceptors (Lipinski definition) is 3. The SMILES string of the molecule is Cn1c(NC(=O)C2COc3ccccc3C2)nc2cc(Cl)ccc21. The minimum atomic E-state index is -0.233. The fourth-order valence-electron chi connectivity index (χ4n) is 2.99. The second-order valence-corrected chi connectivity index (χ2v) is 6.37. The summed E-state index contributed by atoms with van der Waals surface area (Å²) < 4.78 is 7.54. The Morgan fingerprint density at radius 2 is 2.17 bits per heavy atom. The standard InChI is InChI=1S/C18H16ClN3O2/c1-22-15-7-6-13(19)9-14(15)20-18(22)21-17(23)12-8-11-4-2-3-5-16(11)24-10-12/h2-7,9,12H,8,10H2,1H3,(H,20,21,23). The molecule has 6 heteroatoms. The zero-order valence-electron chi connectivity index (χ0n) is 13.1. The number of aromatic nitrogens is 2. The fraction of sp³-hybridized carbons (Fsp3) is 0.222. The predicted molar refractivity (Wildman–Crippen MR) is 93.5 cm³/mol. The maximum Gasteiger partial charge on any atom is 0.233 e. The van der Waals surface area contributed by atoms with Gasteiger partial charge in [-0.2, -0.15) is 0 Å². The maximum absolute atomic E-state index is 12.6. The van der Waals surface area contributed by atoms with Gasteiger partial charge >= 0.3 is 0 Å². The molecule has 1 atom stereocenters. The Kier molecular flexibility index (Phi) is 3.65. The minimum absolute atomic E-state index is 0.0889. The number of fused-ring (bicyclic) bond motifs is 2. The summed E-state index contributed by atoms with van der Waals surface area (Å²) in [6, 6.07) is 13.3. The number of para-hydroxylation sites is 1. The van der Waals surface area contributed by atoms with Gasteiger partial charge in [0.15, 0.2) is 0 Å². The van der Waals surface area contributed by atoms with Crippen molar-refractivity contribution in [1.29, 1.82) is 0 Å². The van der Waals surface area contributed by atoms with Crippen LogP contribution in [0.3, 0.4) is 0 Å². The number of halogens is 1. The lowest BCUT2D eigenvalue weighted by atomic mass is 9.96. The summed E-state index contributed by atoms with van der Waals surface area (Å²) in [6.45, 7) is 0.374. The van der Waals surface area contributed by atoms with Crippen LogP contribution in [-0.2, 0) is 18.3 Å². The Bertz CT molecular complexity index is 935. The number of carbonyl (C=O) groups excluding carboxylic acids is 1. The molecule has 1 aliphatic heterocycles. The van der Waals surface area contributed by atoms with Crippen molar-refractivity contribution in [3.05, 3.63) is 53.1 Å². The second kappa shape index (κ2) is 5.83. The molecule has 0 saturated carbocycles. The molecule has 0 bridgehead atoms. The quantitative estimate of drug-likeness (QED) is 0.777. The molecular formula is C18H16ClN3O2. The molecule has 5 nitrogen and oxygen atoms in total. The highest BCUT2D eigenvalue weighted by atomic mass is 35.5. The summed E-state index contributed by atoms with van der Waals surface area (Å²) >= 11 is 6.00. The average Bonchev–Trinajstić information content (AvgIpc) is 2.89. The summed E-state index contributed by atoms with van der Waals surface area (Å²) in [6.07, 6.45) is 0.664. The fourth-order valence-corrected chi connectivity index (χ4v) is 3.16. The lowest BCUT2D eigenvalue weighted by Crippen LogP contribution is -2.33. The van der Waals surface area contributed by atoms with Crippen molar-refractivity contribution < 1.29 is 9.53 Å². The van der Waals surface area contributed by atoms with Gasteiger partial charge in [0, 0.05) is 12.1 Å². The number of benzene rings is 2. The number of anilines is 1. The summed E-state index contributed by atoms with van der Waals surface area (Å²) in [5.41, 5.74) is 2.73. The molecule has 0 aliphatic carbocycles. The molecule has 1 N–H and O–H groups in total. The van der Waals surface area contributed by atoms with E-state index in [9.17, 15) is 4.79 Å². The molecule has 2 heterocycles. The van der Waals surface area contributed by atoms with Gasteiger partial charge in [-0.3, -0.25) is 10.1 Å². The molecular weight excluding hydrogens is 326 g/mol. The van der Waals surface area contributed by atoms with E-state index in [2.05, 4.69) is 10.3 Å². The van der Waals surface area contributed by atoms with E-state index in [1.807, 2.05) is 48.0 Å². The molecule has 1 aliphatic rings. The van der Waals surface area contributed by atoms with Gasteiger partial charge in [0.1, 0.15) is 12.4 Å². The van der Waals surface area contributed by atoms with Gasteiger partial charge in [0.25, 0.3) is 0 Å². The molecule has 0 spiro atoms. The van der Waals surface area contributed by atoms with Crippen molar-refractivity contribution in [2.45, 2.75) is 6.42 Å². The summed E-state index contributed by atoms with van der Waals surface area (Å²) in [5, 5.41) is 3.53. The molecule has 3 aromatic rings. The smallest absolute Gasteiger partial charge is 0.233 e. The highest BCUT2D eigenvalue weighted by Crippen LogP contribution is 2.28. The second-order valence-electron chi connectivity index (χ2n) is 5.94. The zero-order valence-corrected chi connectivity index (χ0v) is 13.9. The number of aryl methyl sites for hydroxylation is 1. The van der Waals surface area contributed by atoms with Crippen LogP contribution >= 0.6 is 11.6 Å². The molecule has 1 unspecified atom stereocenters. The van der Waals surface area contributed by atoms with Gasteiger partial charge in [0.2, 0.25) is 11.9 Å². The Labute approximate surface area is 144 Å². The maximum atomic E-state index is 12.6. The Hall–Kier alpha value is -2.53. The van der Waals surface area contributed by atoms with Crippen molar-refractivity contribution in [1.82, 2.24) is 9.55 Å². The first-order valence-corrected chi connectivity index (χ1v) is 8.13. The van der Waals surface area contributed by atoms with Crippen LogP contribution in [0.1, 0.15) is 5.56 Å². The first-order valence-electron chi connectivity index (χ1n) is 7.75. The first kappa shape index (κ1) is 15.0. The normalized spacial score (nSPS) is 16.5. The van der Waals surface area contributed by atoms with Gasteiger partial charge in [0.05, 0.1) is 17.0 Å².